The van der Waals surface area contributed by atoms with E-state index >= 15 is 0 Å². The van der Waals surface area contributed by atoms with Gasteiger partial charge in [0.1, 0.15) is 17.3 Å². The summed E-state index contributed by atoms with van der Waals surface area (Å²) in [5, 5.41) is 8.55. The molecule has 0 spiro atoms. The number of hydrogen-bond donors (Lipinski definition) is 0. The number of carbonyl (C=O) groups is 1. The van der Waals surface area contributed by atoms with Crippen LogP contribution in [0.25, 0.3) is 6.08 Å². The number of rotatable bonds is 6. The Hall–Kier alpha value is -4.84. The summed E-state index contributed by atoms with van der Waals surface area (Å²) in [7, 11) is 1.62. The van der Waals surface area contributed by atoms with Gasteiger partial charge in [0.15, 0.2) is 0 Å². The van der Waals surface area contributed by atoms with Crippen molar-refractivity contribution in [3.8, 4) is 5.75 Å². The molecule has 1 heterocycles. The first kappa shape index (κ1) is 22.0. The highest BCUT2D eigenvalue weighted by Gasteiger charge is 2.32. The number of hydrogen-bond acceptors (Lipinski definition) is 5. The summed E-state index contributed by atoms with van der Waals surface area (Å²) in [5.74, 6) is 1.14. The van der Waals surface area contributed by atoms with E-state index in [1.807, 2.05) is 109 Å². The predicted octanol–water partition coefficient (Wildman–Crippen LogP) is 6.95. The molecule has 4 aromatic carbocycles. The van der Waals surface area contributed by atoms with E-state index in [0.29, 0.717) is 22.9 Å². The topological polar surface area (TPSA) is 66.6 Å². The Labute approximate surface area is 203 Å². The molecule has 0 aromatic heterocycles. The Morgan fingerprint density at radius 1 is 0.743 bits per heavy atom. The molecule has 0 radical (unpaired) electrons. The zero-order valence-electron chi connectivity index (χ0n) is 19.1. The van der Waals surface area contributed by atoms with Crippen LogP contribution in [0.4, 0.5) is 17.1 Å². The van der Waals surface area contributed by atoms with Crippen molar-refractivity contribution in [2.75, 3.05) is 12.0 Å². The van der Waals surface area contributed by atoms with E-state index in [0.717, 1.165) is 22.6 Å². The maximum Gasteiger partial charge on any atom is 0.282 e. The van der Waals surface area contributed by atoms with E-state index < -0.39 is 0 Å². The van der Waals surface area contributed by atoms with Gasteiger partial charge in [-0.2, -0.15) is 10.2 Å². The number of amides is 1. The second-order valence-corrected chi connectivity index (χ2v) is 7.80. The number of aliphatic imine (C=N–C) groups is 1. The molecule has 0 bridgehead atoms. The molecule has 4 aromatic rings. The summed E-state index contributed by atoms with van der Waals surface area (Å²) < 4.78 is 5.22. The van der Waals surface area contributed by atoms with E-state index in [9.17, 15) is 4.79 Å². The fraction of sp³-hybridized carbons (Fsp3) is 0.0345. The first-order valence-electron chi connectivity index (χ1n) is 11.1. The van der Waals surface area contributed by atoms with Crippen molar-refractivity contribution >= 4 is 34.9 Å². The lowest BCUT2D eigenvalue weighted by Crippen LogP contribution is -2.32. The molecule has 0 aliphatic carbocycles. The molecular weight excluding hydrogens is 436 g/mol. The summed E-state index contributed by atoms with van der Waals surface area (Å²) in [5.41, 5.74) is 4.25. The van der Waals surface area contributed by atoms with Gasteiger partial charge in [0.25, 0.3) is 5.91 Å². The number of azo groups is 1. The van der Waals surface area contributed by atoms with Gasteiger partial charge >= 0.3 is 0 Å². The molecule has 5 rings (SSSR count). The molecule has 170 valence electrons. The minimum atomic E-state index is -0.196. The van der Waals surface area contributed by atoms with Crippen LogP contribution in [0.2, 0.25) is 0 Å². The Bertz CT molecular complexity index is 1410. The molecule has 0 unspecified atom stereocenters. The number of benzene rings is 4. The standard InChI is InChI=1S/C29H22N4O2/c1-35-26-18-12-21(13-19-26)20-27-29(34)33(28(30-27)22-8-4-2-5-9-22)25-16-14-24(15-17-25)32-31-23-10-6-3-7-11-23/h2-20H,1H3/b27-20+,32-31?. The molecule has 0 N–H and O–H groups in total. The van der Waals surface area contributed by atoms with Crippen LogP contribution in [-0.4, -0.2) is 18.9 Å². The van der Waals surface area contributed by atoms with Crippen LogP contribution in [0, 0.1) is 0 Å². The smallest absolute Gasteiger partial charge is 0.282 e. The lowest BCUT2D eigenvalue weighted by molar-refractivity contribution is -0.113. The molecule has 0 atom stereocenters. The summed E-state index contributed by atoms with van der Waals surface area (Å²) in [6.07, 6.45) is 1.78. The third-order valence-electron chi connectivity index (χ3n) is 5.46. The van der Waals surface area contributed by atoms with Crippen molar-refractivity contribution in [2.45, 2.75) is 0 Å². The summed E-state index contributed by atoms with van der Waals surface area (Å²) in [6, 6.07) is 34.1. The summed E-state index contributed by atoms with van der Waals surface area (Å²) in [4.78, 5) is 19.8. The monoisotopic (exact) mass is 458 g/mol. The Balaban J connectivity index is 1.47. The van der Waals surface area contributed by atoms with Crippen LogP contribution in [0.3, 0.4) is 0 Å². The fourth-order valence-corrected chi connectivity index (χ4v) is 3.67. The van der Waals surface area contributed by atoms with Crippen molar-refractivity contribution < 1.29 is 9.53 Å². The van der Waals surface area contributed by atoms with E-state index in [-0.39, 0.29) is 5.91 Å². The van der Waals surface area contributed by atoms with Crippen molar-refractivity contribution in [3.63, 3.8) is 0 Å². The van der Waals surface area contributed by atoms with Gasteiger partial charge in [0.2, 0.25) is 0 Å². The molecule has 1 aliphatic heterocycles. The summed E-state index contributed by atoms with van der Waals surface area (Å²) in [6.45, 7) is 0. The van der Waals surface area contributed by atoms with Gasteiger partial charge in [-0.1, -0.05) is 60.7 Å². The first-order valence-corrected chi connectivity index (χ1v) is 11.1. The van der Waals surface area contributed by atoms with E-state index in [1.54, 1.807) is 18.1 Å². The largest absolute Gasteiger partial charge is 0.497 e. The normalized spacial score (nSPS) is 14.5. The van der Waals surface area contributed by atoms with Crippen molar-refractivity contribution in [1.82, 2.24) is 0 Å². The highest BCUT2D eigenvalue weighted by atomic mass is 16.5. The molecular formula is C29H22N4O2. The lowest BCUT2D eigenvalue weighted by atomic mass is 10.1. The molecule has 0 fully saturated rings. The number of amidine groups is 1. The SMILES string of the molecule is COc1ccc(/C=C2/N=C(c3ccccc3)N(c3ccc(N=Nc4ccccc4)cc3)C2=O)cc1. The quantitative estimate of drug-likeness (QED) is 0.232. The second-order valence-electron chi connectivity index (χ2n) is 7.80. The van der Waals surface area contributed by atoms with Gasteiger partial charge in [-0.25, -0.2) is 4.99 Å². The van der Waals surface area contributed by atoms with Crippen molar-refractivity contribution in [2.24, 2.45) is 15.2 Å². The molecule has 0 saturated carbocycles. The van der Waals surface area contributed by atoms with Crippen LogP contribution in [0.5, 0.6) is 5.75 Å². The molecule has 6 heteroatoms. The maximum absolute atomic E-state index is 13.5. The molecule has 0 saturated heterocycles. The zero-order chi connectivity index (χ0) is 24.0. The number of carbonyl (C=O) groups excluding carboxylic acids is 1. The van der Waals surface area contributed by atoms with E-state index in [4.69, 9.17) is 9.73 Å². The fourth-order valence-electron chi connectivity index (χ4n) is 3.67. The van der Waals surface area contributed by atoms with Crippen molar-refractivity contribution in [1.29, 1.82) is 0 Å². The third kappa shape index (κ3) is 4.91. The zero-order valence-corrected chi connectivity index (χ0v) is 19.1. The van der Waals surface area contributed by atoms with Crippen LogP contribution < -0.4 is 9.64 Å². The van der Waals surface area contributed by atoms with Gasteiger partial charge in [-0.05, 0) is 60.2 Å². The highest BCUT2D eigenvalue weighted by molar-refractivity contribution is 6.33. The van der Waals surface area contributed by atoms with Crippen LogP contribution >= 0.6 is 0 Å². The van der Waals surface area contributed by atoms with Gasteiger partial charge in [-0.15, -0.1) is 0 Å². The van der Waals surface area contributed by atoms with E-state index in [1.165, 1.54) is 0 Å². The maximum atomic E-state index is 13.5. The number of anilines is 1. The number of ether oxygens (including phenoxy) is 1. The number of methoxy groups -OCH3 is 1. The Morgan fingerprint density at radius 2 is 1.34 bits per heavy atom. The Kier molecular flexibility index (Phi) is 6.26. The third-order valence-corrected chi connectivity index (χ3v) is 5.46. The minimum Gasteiger partial charge on any atom is -0.497 e. The average molecular weight is 459 g/mol. The molecule has 1 aliphatic rings. The first-order chi connectivity index (χ1) is 17.2. The number of nitrogens with zero attached hydrogens (tertiary/aromatic N) is 4. The predicted molar refractivity (Wildman–Crippen MR) is 138 cm³/mol. The molecule has 6 nitrogen and oxygen atoms in total. The van der Waals surface area contributed by atoms with E-state index in [2.05, 4.69) is 10.2 Å². The van der Waals surface area contributed by atoms with Gasteiger partial charge in [0.05, 0.1) is 24.2 Å². The van der Waals surface area contributed by atoms with Crippen molar-refractivity contribution in [3.05, 3.63) is 126 Å². The average Bonchev–Trinajstić information content (AvgIpc) is 3.25. The highest BCUT2D eigenvalue weighted by Crippen LogP contribution is 2.30. The lowest BCUT2D eigenvalue weighted by Gasteiger charge is -2.18. The molecule has 1 amide bonds. The van der Waals surface area contributed by atoms with Gasteiger partial charge in [-0.3, -0.25) is 9.69 Å². The second kappa shape index (κ2) is 9.97. The Morgan fingerprint density at radius 3 is 1.97 bits per heavy atom. The van der Waals surface area contributed by atoms with Gasteiger partial charge < -0.3 is 4.74 Å². The summed E-state index contributed by atoms with van der Waals surface area (Å²) >= 11 is 0. The minimum absolute atomic E-state index is 0.196. The van der Waals surface area contributed by atoms with Crippen LogP contribution in [0.1, 0.15) is 11.1 Å². The molecule has 35 heavy (non-hydrogen) atoms. The van der Waals surface area contributed by atoms with Crippen LogP contribution in [0.15, 0.2) is 130 Å². The van der Waals surface area contributed by atoms with Crippen LogP contribution in [-0.2, 0) is 4.79 Å². The van der Waals surface area contributed by atoms with Gasteiger partial charge in [0, 0.05) is 5.56 Å².